The maximum absolute atomic E-state index is 5.25. The van der Waals surface area contributed by atoms with E-state index in [0.29, 0.717) is 0 Å². The molecule has 0 aromatic heterocycles. The van der Waals surface area contributed by atoms with Gasteiger partial charge in [0.25, 0.3) is 0 Å². The topological polar surface area (TPSA) is 0 Å². The third kappa shape index (κ3) is 458. The first-order valence-corrected chi connectivity index (χ1v) is 4.79. The Morgan fingerprint density at radius 2 is 1.14 bits per heavy atom. The monoisotopic (exact) mass is 122 g/mol. The third-order valence-electron chi connectivity index (χ3n) is 0. The van der Waals surface area contributed by atoms with Crippen LogP contribution in [0.4, 0.5) is 0 Å². The van der Waals surface area contributed by atoms with Gasteiger partial charge >= 0.3 is 23.1 Å². The molecule has 0 amide bonds. The summed E-state index contributed by atoms with van der Waals surface area (Å²) in [7, 11) is 0.120. The van der Waals surface area contributed by atoms with E-state index in [1.165, 1.54) is 0 Å². The average Bonchev–Trinajstić information content (AvgIpc) is 1.41. The first kappa shape index (κ1) is 15.6. The molecule has 0 atom stereocenters. The maximum Gasteiger partial charge on any atom is 2.00 e. The second-order valence-corrected chi connectivity index (χ2v) is 4.50. The van der Waals surface area contributed by atoms with Crippen LogP contribution in [0.5, 0.6) is 0 Å². The van der Waals surface area contributed by atoms with E-state index in [1.807, 2.05) is 0 Å². The van der Waals surface area contributed by atoms with Gasteiger partial charge in [-0.1, -0.05) is 0 Å². The Kier molecular flexibility index (Phi) is 35.8. The van der Waals surface area contributed by atoms with Gasteiger partial charge in [0.1, 0.15) is 0 Å². The maximum atomic E-state index is 5.25. The largest absolute Gasteiger partial charge is 2.00 e. The second-order valence-electron chi connectivity index (χ2n) is 1.50. The molecule has 0 aromatic carbocycles. The van der Waals surface area contributed by atoms with Crippen molar-refractivity contribution in [1.82, 2.24) is 0 Å². The molecule has 2 heteroatoms. The summed E-state index contributed by atoms with van der Waals surface area (Å²) in [6, 6.07) is 0. The molecule has 0 nitrogen and oxygen atoms in total. The number of hydrogen-bond acceptors (Lipinski definition) is 0. The molecule has 0 bridgehead atoms. The standard InChI is InChI=1S/C3H9Si.C2H.Mg/c1-4(2)3;1-2;/h1-3H3;1H;/q2*-1;+2. The molecular weight excluding hydrogens is 112 g/mol. The second kappa shape index (κ2) is 16.0. The van der Waals surface area contributed by atoms with E-state index < -0.39 is 0 Å². The number of rotatable bonds is 0. The van der Waals surface area contributed by atoms with Gasteiger partial charge in [0.05, 0.1) is 0 Å². The Morgan fingerprint density at radius 3 is 1.14 bits per heavy atom. The first-order chi connectivity index (χ1) is 2.73. The zero-order valence-electron chi connectivity index (χ0n) is 5.28. The molecule has 0 saturated carbocycles. The predicted molar refractivity (Wildman–Crippen MR) is 37.3 cm³/mol. The molecule has 0 aromatic rings. The molecule has 0 fully saturated rings. The van der Waals surface area contributed by atoms with E-state index in [4.69, 9.17) is 6.42 Å². The minimum atomic E-state index is 0. The molecule has 0 unspecified atom stereocenters. The zero-order valence-corrected chi connectivity index (χ0v) is 7.70. The molecule has 0 aliphatic rings. The normalized spacial score (nSPS) is 5.43. The van der Waals surface area contributed by atoms with Crippen LogP contribution in [0.1, 0.15) is 0 Å². The van der Waals surface area contributed by atoms with E-state index >= 15 is 0 Å². The van der Waals surface area contributed by atoms with Crippen LogP contribution in [0.2, 0.25) is 19.6 Å². The number of terminal acetylenes is 1. The van der Waals surface area contributed by atoms with Crippen molar-refractivity contribution in [2.24, 2.45) is 0 Å². The molecule has 36 valence electrons. The van der Waals surface area contributed by atoms with Crippen molar-refractivity contribution >= 4 is 31.8 Å². The summed E-state index contributed by atoms with van der Waals surface area (Å²) in [5, 5.41) is 0. The Labute approximate surface area is 64.5 Å². The van der Waals surface area contributed by atoms with E-state index in [2.05, 4.69) is 26.1 Å². The van der Waals surface area contributed by atoms with Gasteiger partial charge in [-0.05, 0) is 0 Å². The van der Waals surface area contributed by atoms with Crippen molar-refractivity contribution in [2.45, 2.75) is 19.6 Å². The van der Waals surface area contributed by atoms with Crippen molar-refractivity contribution in [3.8, 4) is 6.42 Å². The molecule has 0 saturated heterocycles. The molecule has 0 spiro atoms. The Bertz CT molecular complexity index is 29.6. The van der Waals surface area contributed by atoms with Gasteiger partial charge in [0.15, 0.2) is 0 Å². The summed E-state index contributed by atoms with van der Waals surface area (Å²) in [5.74, 6) is 0. The van der Waals surface area contributed by atoms with Gasteiger partial charge in [-0.2, -0.15) is 19.6 Å². The molecule has 0 N–H and O–H groups in total. The summed E-state index contributed by atoms with van der Waals surface area (Å²) in [4.78, 5) is 0. The van der Waals surface area contributed by atoms with Gasteiger partial charge in [0, 0.05) is 0 Å². The van der Waals surface area contributed by atoms with Crippen LogP contribution >= 0.6 is 0 Å². The van der Waals surface area contributed by atoms with Crippen LogP contribution in [0.15, 0.2) is 0 Å². The minimum absolute atomic E-state index is 0. The summed E-state index contributed by atoms with van der Waals surface area (Å²) in [6.45, 7) is 6.81. The van der Waals surface area contributed by atoms with Crippen molar-refractivity contribution in [3.63, 3.8) is 0 Å². The molecule has 0 radical (unpaired) electrons. The quantitative estimate of drug-likeness (QED) is 0.257. The summed E-state index contributed by atoms with van der Waals surface area (Å²) < 4.78 is 0. The average molecular weight is 123 g/mol. The van der Waals surface area contributed by atoms with Crippen molar-refractivity contribution < 1.29 is 0 Å². The van der Waals surface area contributed by atoms with Gasteiger partial charge in [0.2, 0.25) is 0 Å². The zero-order chi connectivity index (χ0) is 5.58. The van der Waals surface area contributed by atoms with Gasteiger partial charge < -0.3 is 12.8 Å². The van der Waals surface area contributed by atoms with E-state index in [1.54, 1.807) is 0 Å². The van der Waals surface area contributed by atoms with E-state index in [-0.39, 0.29) is 31.8 Å². The number of hydrogen-bond donors (Lipinski definition) is 0. The first-order valence-electron chi connectivity index (χ1n) is 1.79. The minimum Gasteiger partial charge on any atom is -0.697 e. The smallest absolute Gasteiger partial charge is 0.697 e. The van der Waals surface area contributed by atoms with Gasteiger partial charge in [-0.15, -0.1) is 0 Å². The summed E-state index contributed by atoms with van der Waals surface area (Å²) in [6.07, 6.45) is 9.00. The van der Waals surface area contributed by atoms with Gasteiger partial charge in [-0.25, -0.2) is 0 Å². The van der Waals surface area contributed by atoms with Crippen molar-refractivity contribution in [3.05, 3.63) is 6.42 Å². The van der Waals surface area contributed by atoms with E-state index in [9.17, 15) is 0 Å². The fourth-order valence-corrected chi connectivity index (χ4v) is 0. The van der Waals surface area contributed by atoms with Crippen LogP contribution < -0.4 is 0 Å². The molecular formula is C5H10MgSi. The van der Waals surface area contributed by atoms with Crippen LogP contribution in [0, 0.1) is 12.8 Å². The van der Waals surface area contributed by atoms with Crippen molar-refractivity contribution in [1.29, 1.82) is 0 Å². The molecule has 0 heterocycles. The fraction of sp³-hybridized carbons (Fsp3) is 0.600. The molecule has 0 rings (SSSR count). The van der Waals surface area contributed by atoms with Crippen LogP contribution in [0.25, 0.3) is 0 Å². The summed E-state index contributed by atoms with van der Waals surface area (Å²) >= 11 is 0. The summed E-state index contributed by atoms with van der Waals surface area (Å²) in [5.41, 5.74) is 0. The van der Waals surface area contributed by atoms with Crippen LogP contribution in [-0.2, 0) is 0 Å². The molecule has 0 aliphatic heterocycles. The van der Waals surface area contributed by atoms with Crippen molar-refractivity contribution in [2.75, 3.05) is 0 Å². The Morgan fingerprint density at radius 1 is 1.14 bits per heavy atom. The van der Waals surface area contributed by atoms with Crippen LogP contribution in [0.3, 0.4) is 0 Å². The molecule has 0 aliphatic carbocycles. The van der Waals surface area contributed by atoms with Gasteiger partial charge in [-0.3, -0.25) is 8.80 Å². The van der Waals surface area contributed by atoms with E-state index in [0.717, 1.165) is 0 Å². The SMILES string of the molecule is C[Si-](C)C.[C-]#C.[Mg+2]. The third-order valence-corrected chi connectivity index (χ3v) is 0. The Balaban J connectivity index is -0.0000000480. The fourth-order valence-electron chi connectivity index (χ4n) is 0. The predicted octanol–water partition coefficient (Wildman–Crippen LogP) is 1.20. The van der Waals surface area contributed by atoms with Crippen LogP contribution in [-0.4, -0.2) is 31.8 Å². The molecule has 7 heavy (non-hydrogen) atoms. The Hall–Kier alpha value is 0.543.